The van der Waals surface area contributed by atoms with Gasteiger partial charge >= 0.3 is 0 Å². The lowest BCUT2D eigenvalue weighted by atomic mass is 9.84. The molecule has 4 rings (SSSR count). The van der Waals surface area contributed by atoms with E-state index in [0.717, 1.165) is 50.0 Å². The number of aromatic nitrogens is 2. The number of benzene rings is 1. The minimum atomic E-state index is -0.00341. The van der Waals surface area contributed by atoms with Crippen LogP contribution in [0.15, 0.2) is 24.5 Å². The summed E-state index contributed by atoms with van der Waals surface area (Å²) in [4.78, 5) is 24.2. The first-order chi connectivity index (χ1) is 14.1. The van der Waals surface area contributed by atoms with Gasteiger partial charge in [-0.25, -0.2) is 0 Å². The van der Waals surface area contributed by atoms with E-state index in [4.69, 9.17) is 0 Å². The summed E-state index contributed by atoms with van der Waals surface area (Å²) < 4.78 is 0. The van der Waals surface area contributed by atoms with Gasteiger partial charge < -0.3 is 10.6 Å². The number of hydrogen-bond donors (Lipinski definition) is 2. The molecule has 3 heterocycles. The first-order valence-corrected chi connectivity index (χ1v) is 10.4. The van der Waals surface area contributed by atoms with Crippen LogP contribution in [0.1, 0.15) is 43.4 Å². The van der Waals surface area contributed by atoms with Crippen LogP contribution in [0.3, 0.4) is 0 Å². The fourth-order valence-corrected chi connectivity index (χ4v) is 4.92. The summed E-state index contributed by atoms with van der Waals surface area (Å²) >= 11 is 0. The molecule has 0 radical (unpaired) electrons. The second kappa shape index (κ2) is 8.44. The highest BCUT2D eigenvalue weighted by Gasteiger charge is 2.37. The highest BCUT2D eigenvalue weighted by Crippen LogP contribution is 2.36. The molecular formula is C22H28N6O. The van der Waals surface area contributed by atoms with E-state index in [2.05, 4.69) is 45.5 Å². The Bertz CT molecular complexity index is 933. The summed E-state index contributed by atoms with van der Waals surface area (Å²) in [5.74, 6) is 0.657. The molecule has 2 aliphatic rings. The van der Waals surface area contributed by atoms with Crippen molar-refractivity contribution >= 4 is 16.9 Å². The molecular weight excluding hydrogens is 364 g/mol. The maximum Gasteiger partial charge on any atom is 0.224 e. The lowest BCUT2D eigenvalue weighted by molar-refractivity contribution is -0.127. The SMILES string of the molecule is CC1CC(NC(=O)C2CCCNC2)C(c2ccc(C#N)c3nccnc23)N(C)C1. The molecule has 2 aromatic rings. The fraction of sp³-hybridized carbons (Fsp3) is 0.545. The summed E-state index contributed by atoms with van der Waals surface area (Å²) in [5.41, 5.74) is 2.92. The molecule has 29 heavy (non-hydrogen) atoms. The van der Waals surface area contributed by atoms with Gasteiger partial charge in [0, 0.05) is 31.5 Å². The summed E-state index contributed by atoms with van der Waals surface area (Å²) in [5, 5.41) is 16.1. The van der Waals surface area contributed by atoms with Gasteiger partial charge in [0.05, 0.1) is 23.0 Å². The smallest absolute Gasteiger partial charge is 0.224 e. The Morgan fingerprint density at radius 3 is 2.83 bits per heavy atom. The summed E-state index contributed by atoms with van der Waals surface area (Å²) in [6, 6.07) is 6.01. The molecule has 4 unspecified atom stereocenters. The van der Waals surface area contributed by atoms with Crippen LogP contribution in [-0.2, 0) is 4.79 Å². The van der Waals surface area contributed by atoms with E-state index in [1.807, 2.05) is 12.1 Å². The van der Waals surface area contributed by atoms with Gasteiger partial charge in [-0.1, -0.05) is 13.0 Å². The van der Waals surface area contributed by atoms with E-state index in [-0.39, 0.29) is 23.9 Å². The number of hydrogen-bond acceptors (Lipinski definition) is 6. The van der Waals surface area contributed by atoms with Crippen LogP contribution in [0, 0.1) is 23.2 Å². The van der Waals surface area contributed by atoms with Crippen LogP contribution in [-0.4, -0.2) is 53.5 Å². The number of amides is 1. The lowest BCUT2D eigenvalue weighted by Crippen LogP contribution is -2.53. The largest absolute Gasteiger partial charge is 0.351 e. The zero-order valence-corrected chi connectivity index (χ0v) is 17.1. The molecule has 1 amide bonds. The van der Waals surface area contributed by atoms with Crippen molar-refractivity contribution in [3.8, 4) is 6.07 Å². The van der Waals surface area contributed by atoms with Crippen LogP contribution in [0.25, 0.3) is 11.0 Å². The highest BCUT2D eigenvalue weighted by atomic mass is 16.2. The Labute approximate surface area is 171 Å². The Balaban J connectivity index is 1.69. The summed E-state index contributed by atoms with van der Waals surface area (Å²) in [6.45, 7) is 4.92. The van der Waals surface area contributed by atoms with Crippen LogP contribution in [0.4, 0.5) is 0 Å². The normalized spacial score (nSPS) is 28.0. The first-order valence-electron chi connectivity index (χ1n) is 10.4. The number of rotatable bonds is 3. The van der Waals surface area contributed by atoms with Gasteiger partial charge in [0.1, 0.15) is 11.6 Å². The average Bonchev–Trinajstić information content (AvgIpc) is 2.74. The molecule has 0 bridgehead atoms. The number of piperidine rings is 2. The van der Waals surface area contributed by atoms with E-state index in [0.29, 0.717) is 17.0 Å². The number of likely N-dealkylation sites (tertiary alicyclic amines) is 1. The predicted molar refractivity (Wildman–Crippen MR) is 111 cm³/mol. The van der Waals surface area contributed by atoms with Gasteiger partial charge in [-0.3, -0.25) is 19.7 Å². The van der Waals surface area contributed by atoms with E-state index < -0.39 is 0 Å². The van der Waals surface area contributed by atoms with Crippen molar-refractivity contribution in [2.45, 2.75) is 38.3 Å². The predicted octanol–water partition coefficient (Wildman–Crippen LogP) is 2.00. The van der Waals surface area contributed by atoms with Gasteiger partial charge in [-0.2, -0.15) is 5.26 Å². The lowest BCUT2D eigenvalue weighted by Gasteiger charge is -2.43. The minimum Gasteiger partial charge on any atom is -0.351 e. The molecule has 0 saturated carbocycles. The average molecular weight is 393 g/mol. The van der Waals surface area contributed by atoms with Crippen LogP contribution in [0.2, 0.25) is 0 Å². The second-order valence-electron chi connectivity index (χ2n) is 8.45. The molecule has 1 aromatic carbocycles. The van der Waals surface area contributed by atoms with Crippen molar-refractivity contribution in [2.24, 2.45) is 11.8 Å². The fourth-order valence-electron chi connectivity index (χ4n) is 4.92. The quantitative estimate of drug-likeness (QED) is 0.830. The standard InChI is InChI=1S/C22H28N6O/c1-14-10-18(27-22(29)16-4-3-7-24-12-16)21(28(2)13-14)17-6-5-15(11-23)19-20(17)26-9-8-25-19/h5-6,8-9,14,16,18,21,24H,3-4,7,10,12-13H2,1-2H3,(H,27,29). The van der Waals surface area contributed by atoms with Crippen molar-refractivity contribution in [3.63, 3.8) is 0 Å². The Hall–Kier alpha value is -2.56. The molecule has 0 spiro atoms. The number of nitrogens with one attached hydrogen (secondary N) is 2. The van der Waals surface area contributed by atoms with Crippen molar-refractivity contribution in [2.75, 3.05) is 26.7 Å². The molecule has 7 nitrogen and oxygen atoms in total. The van der Waals surface area contributed by atoms with Gasteiger partial charge in [0.2, 0.25) is 5.91 Å². The van der Waals surface area contributed by atoms with E-state index in [1.165, 1.54) is 0 Å². The molecule has 4 atom stereocenters. The second-order valence-corrected chi connectivity index (χ2v) is 8.45. The molecule has 0 aliphatic carbocycles. The van der Waals surface area contributed by atoms with E-state index in [1.54, 1.807) is 12.4 Å². The number of carbonyl (C=O) groups excluding carboxylic acids is 1. The Morgan fingerprint density at radius 2 is 2.10 bits per heavy atom. The number of carbonyl (C=O) groups is 1. The zero-order valence-electron chi connectivity index (χ0n) is 17.1. The van der Waals surface area contributed by atoms with Gasteiger partial charge in [0.25, 0.3) is 0 Å². The van der Waals surface area contributed by atoms with Gasteiger partial charge in [-0.15, -0.1) is 0 Å². The zero-order chi connectivity index (χ0) is 20.4. The van der Waals surface area contributed by atoms with Gasteiger partial charge in [-0.05, 0) is 50.4 Å². The molecule has 2 fully saturated rings. The third-order valence-corrected chi connectivity index (χ3v) is 6.20. The van der Waals surface area contributed by atoms with E-state index >= 15 is 0 Å². The van der Waals surface area contributed by atoms with Crippen molar-refractivity contribution in [1.29, 1.82) is 5.26 Å². The summed E-state index contributed by atoms with van der Waals surface area (Å²) in [6.07, 6.45) is 6.18. The summed E-state index contributed by atoms with van der Waals surface area (Å²) in [7, 11) is 2.10. The van der Waals surface area contributed by atoms with Crippen LogP contribution < -0.4 is 10.6 Å². The molecule has 2 saturated heterocycles. The van der Waals surface area contributed by atoms with Crippen molar-refractivity contribution in [1.82, 2.24) is 25.5 Å². The maximum atomic E-state index is 13.0. The van der Waals surface area contributed by atoms with Gasteiger partial charge in [0.15, 0.2) is 0 Å². The number of likely N-dealkylation sites (N-methyl/N-ethyl adjacent to an activating group) is 1. The molecule has 2 N–H and O–H groups in total. The Morgan fingerprint density at radius 1 is 1.31 bits per heavy atom. The molecule has 1 aromatic heterocycles. The number of fused-ring (bicyclic) bond motifs is 1. The Kier molecular flexibility index (Phi) is 5.74. The third-order valence-electron chi connectivity index (χ3n) is 6.20. The minimum absolute atomic E-state index is 0.00126. The van der Waals surface area contributed by atoms with Crippen LogP contribution >= 0.6 is 0 Å². The molecule has 2 aliphatic heterocycles. The first kappa shape index (κ1) is 19.7. The van der Waals surface area contributed by atoms with Crippen molar-refractivity contribution in [3.05, 3.63) is 35.7 Å². The molecule has 7 heteroatoms. The highest BCUT2D eigenvalue weighted by molar-refractivity contribution is 5.84. The maximum absolute atomic E-state index is 13.0. The third kappa shape index (κ3) is 3.96. The monoisotopic (exact) mass is 392 g/mol. The van der Waals surface area contributed by atoms with Crippen LogP contribution in [0.5, 0.6) is 0 Å². The van der Waals surface area contributed by atoms with E-state index in [9.17, 15) is 10.1 Å². The molecule has 152 valence electrons. The topological polar surface area (TPSA) is 93.9 Å². The van der Waals surface area contributed by atoms with Crippen molar-refractivity contribution < 1.29 is 4.79 Å². The number of nitrogens with zero attached hydrogens (tertiary/aromatic N) is 4. The number of nitriles is 1.